The van der Waals surface area contributed by atoms with E-state index >= 15 is 0 Å². The van der Waals surface area contributed by atoms with Gasteiger partial charge in [0.25, 0.3) is 0 Å². The molecule has 126 valence electrons. The fourth-order valence-electron chi connectivity index (χ4n) is 2.30. The third-order valence-electron chi connectivity index (χ3n) is 3.76. The molecule has 0 fully saturated rings. The van der Waals surface area contributed by atoms with Crippen molar-refractivity contribution in [3.8, 4) is 0 Å². The zero-order valence-electron chi connectivity index (χ0n) is 14.0. The monoisotopic (exact) mass is 346 g/mol. The number of fused-ring (bicyclic) bond motifs is 1. The number of ether oxygens (including phenoxy) is 1. The predicted molar refractivity (Wildman–Crippen MR) is 93.7 cm³/mol. The predicted octanol–water partition coefficient (Wildman–Crippen LogP) is 3.35. The van der Waals surface area contributed by atoms with E-state index in [2.05, 4.69) is 20.5 Å². The minimum absolute atomic E-state index is 0.310. The van der Waals surface area contributed by atoms with E-state index in [-0.39, 0.29) is 5.60 Å². The molecule has 3 heterocycles. The van der Waals surface area contributed by atoms with Gasteiger partial charge < -0.3 is 14.6 Å². The van der Waals surface area contributed by atoms with Gasteiger partial charge in [-0.15, -0.1) is 10.2 Å². The second kappa shape index (κ2) is 6.33. The van der Waals surface area contributed by atoms with Gasteiger partial charge in [-0.2, -0.15) is 0 Å². The lowest BCUT2D eigenvalue weighted by atomic mass is 10.1. The van der Waals surface area contributed by atoms with Gasteiger partial charge in [0.15, 0.2) is 16.6 Å². The van der Waals surface area contributed by atoms with Crippen LogP contribution in [0.1, 0.15) is 19.4 Å². The molecule has 3 aromatic rings. The maximum absolute atomic E-state index is 5.76. The maximum Gasteiger partial charge on any atom is 0.162 e. The Balaban J connectivity index is 1.96. The second-order valence-corrected chi connectivity index (χ2v) is 6.59. The summed E-state index contributed by atoms with van der Waals surface area (Å²) >= 11 is 5.76. The number of nitrogens with one attached hydrogen (secondary N) is 1. The molecule has 0 saturated carbocycles. The van der Waals surface area contributed by atoms with Crippen molar-refractivity contribution < 1.29 is 4.74 Å². The molecule has 0 bridgehead atoms. The summed E-state index contributed by atoms with van der Waals surface area (Å²) in [5.74, 6) is 1.29. The van der Waals surface area contributed by atoms with Crippen LogP contribution in [0.5, 0.6) is 0 Å². The number of pyridine rings is 1. The Kier molecular flexibility index (Phi) is 4.38. The van der Waals surface area contributed by atoms with Crippen molar-refractivity contribution >= 4 is 34.4 Å². The summed E-state index contributed by atoms with van der Waals surface area (Å²) in [5.41, 5.74) is 2.29. The van der Waals surface area contributed by atoms with Crippen molar-refractivity contribution in [2.24, 2.45) is 0 Å². The molecule has 1 N–H and O–H groups in total. The summed E-state index contributed by atoms with van der Waals surface area (Å²) in [4.78, 5) is 9.13. The highest BCUT2D eigenvalue weighted by molar-refractivity contribution is 6.29. The zero-order chi connectivity index (χ0) is 17.3. The number of aryl methyl sites for hydroxylation is 1. The molecule has 0 spiro atoms. The summed E-state index contributed by atoms with van der Waals surface area (Å²) in [7, 11) is 1.70. The molecule has 8 heteroatoms. The number of aromatic nitrogens is 5. The Bertz CT molecular complexity index is 859. The van der Waals surface area contributed by atoms with Crippen LogP contribution in [0.25, 0.3) is 11.2 Å². The van der Waals surface area contributed by atoms with Crippen molar-refractivity contribution in [2.75, 3.05) is 12.4 Å². The van der Waals surface area contributed by atoms with E-state index in [4.69, 9.17) is 21.3 Å². The molecule has 0 atom stereocenters. The van der Waals surface area contributed by atoms with Crippen LogP contribution in [0.2, 0.25) is 5.15 Å². The average Bonchev–Trinajstić information content (AvgIpc) is 2.91. The standard InChI is InChI=1S/C16H19ClN6O/c1-10-7-11-15(23(9-18-11)8-16(2,3)24-4)20-14(10)19-13-6-5-12(17)21-22-13/h5-7,9H,8H2,1-4H3,(H,19,20,22). The van der Waals surface area contributed by atoms with Crippen LogP contribution in [-0.2, 0) is 11.3 Å². The van der Waals surface area contributed by atoms with Gasteiger partial charge in [-0.3, -0.25) is 0 Å². The Morgan fingerprint density at radius 1 is 1.29 bits per heavy atom. The molecular weight excluding hydrogens is 328 g/mol. The van der Waals surface area contributed by atoms with Gasteiger partial charge in [-0.1, -0.05) is 11.6 Å². The molecule has 7 nitrogen and oxygen atoms in total. The molecule has 0 saturated heterocycles. The molecule has 0 aliphatic carbocycles. The number of nitrogens with zero attached hydrogens (tertiary/aromatic N) is 5. The van der Waals surface area contributed by atoms with Crippen molar-refractivity contribution in [1.82, 2.24) is 24.7 Å². The molecule has 0 aliphatic heterocycles. The Morgan fingerprint density at radius 3 is 2.75 bits per heavy atom. The van der Waals surface area contributed by atoms with Crippen LogP contribution in [-0.4, -0.2) is 37.4 Å². The summed E-state index contributed by atoms with van der Waals surface area (Å²) in [5, 5.41) is 11.3. The number of rotatable bonds is 5. The number of hydrogen-bond donors (Lipinski definition) is 1. The molecule has 3 aromatic heterocycles. The highest BCUT2D eigenvalue weighted by Gasteiger charge is 2.19. The number of anilines is 2. The van der Waals surface area contributed by atoms with Gasteiger partial charge in [-0.05, 0) is 44.5 Å². The van der Waals surface area contributed by atoms with Gasteiger partial charge in [-0.25, -0.2) is 9.97 Å². The quantitative estimate of drug-likeness (QED) is 0.763. The fraction of sp³-hybridized carbons (Fsp3) is 0.375. The van der Waals surface area contributed by atoms with Gasteiger partial charge in [0.2, 0.25) is 0 Å². The Labute approximate surface area is 145 Å². The van der Waals surface area contributed by atoms with E-state index in [1.165, 1.54) is 0 Å². The van der Waals surface area contributed by atoms with Crippen LogP contribution >= 0.6 is 11.6 Å². The SMILES string of the molecule is COC(C)(C)Cn1cnc2cc(C)c(Nc3ccc(Cl)nn3)nc21. The minimum atomic E-state index is -0.310. The van der Waals surface area contributed by atoms with Crippen LogP contribution < -0.4 is 5.32 Å². The van der Waals surface area contributed by atoms with E-state index in [1.54, 1.807) is 25.6 Å². The molecule has 0 unspecified atom stereocenters. The van der Waals surface area contributed by atoms with Gasteiger partial charge in [0, 0.05) is 7.11 Å². The van der Waals surface area contributed by atoms with Gasteiger partial charge in [0.05, 0.1) is 18.5 Å². The van der Waals surface area contributed by atoms with E-state index < -0.39 is 0 Å². The first-order valence-corrected chi connectivity index (χ1v) is 7.90. The lowest BCUT2D eigenvalue weighted by Gasteiger charge is -2.23. The Morgan fingerprint density at radius 2 is 2.08 bits per heavy atom. The number of halogens is 1. The number of imidazole rings is 1. The van der Waals surface area contributed by atoms with E-state index in [1.807, 2.05) is 31.4 Å². The van der Waals surface area contributed by atoms with E-state index in [0.29, 0.717) is 23.3 Å². The van der Waals surface area contributed by atoms with Crippen molar-refractivity contribution in [3.05, 3.63) is 35.2 Å². The topological polar surface area (TPSA) is 77.8 Å². The van der Waals surface area contributed by atoms with E-state index in [0.717, 1.165) is 16.7 Å². The summed E-state index contributed by atoms with van der Waals surface area (Å²) in [6, 6.07) is 5.42. The Hall–Kier alpha value is -2.25. The van der Waals surface area contributed by atoms with Gasteiger partial charge in [0.1, 0.15) is 11.3 Å². The largest absolute Gasteiger partial charge is 0.377 e. The van der Waals surface area contributed by atoms with Gasteiger partial charge >= 0.3 is 0 Å². The molecule has 24 heavy (non-hydrogen) atoms. The molecule has 0 aromatic carbocycles. The minimum Gasteiger partial charge on any atom is -0.377 e. The summed E-state index contributed by atoms with van der Waals surface area (Å²) < 4.78 is 7.48. The highest BCUT2D eigenvalue weighted by atomic mass is 35.5. The molecule has 0 aliphatic rings. The molecule has 0 amide bonds. The maximum atomic E-state index is 5.76. The summed E-state index contributed by atoms with van der Waals surface area (Å²) in [6.45, 7) is 6.66. The first-order chi connectivity index (χ1) is 11.4. The normalized spacial score (nSPS) is 11.9. The third kappa shape index (κ3) is 3.47. The van der Waals surface area contributed by atoms with Crippen LogP contribution in [0.3, 0.4) is 0 Å². The molecular formula is C16H19ClN6O. The molecule has 0 radical (unpaired) electrons. The lowest BCUT2D eigenvalue weighted by molar-refractivity contribution is 0.00890. The zero-order valence-corrected chi connectivity index (χ0v) is 14.8. The van der Waals surface area contributed by atoms with Crippen LogP contribution in [0.4, 0.5) is 11.6 Å². The van der Waals surface area contributed by atoms with Crippen molar-refractivity contribution in [3.63, 3.8) is 0 Å². The van der Waals surface area contributed by atoms with Crippen LogP contribution in [0.15, 0.2) is 24.5 Å². The number of hydrogen-bond acceptors (Lipinski definition) is 6. The fourth-order valence-corrected chi connectivity index (χ4v) is 2.40. The first kappa shape index (κ1) is 16.6. The molecule has 3 rings (SSSR count). The lowest BCUT2D eigenvalue weighted by Crippen LogP contribution is -2.28. The first-order valence-electron chi connectivity index (χ1n) is 7.52. The van der Waals surface area contributed by atoms with Crippen LogP contribution in [0, 0.1) is 6.92 Å². The summed E-state index contributed by atoms with van der Waals surface area (Å²) in [6.07, 6.45) is 1.78. The van der Waals surface area contributed by atoms with Crippen molar-refractivity contribution in [2.45, 2.75) is 32.9 Å². The average molecular weight is 347 g/mol. The van der Waals surface area contributed by atoms with Crippen molar-refractivity contribution in [1.29, 1.82) is 0 Å². The number of methoxy groups -OCH3 is 1. The van der Waals surface area contributed by atoms with E-state index in [9.17, 15) is 0 Å². The second-order valence-electron chi connectivity index (χ2n) is 6.20. The third-order valence-corrected chi connectivity index (χ3v) is 3.97. The highest BCUT2D eigenvalue weighted by Crippen LogP contribution is 2.23. The smallest absolute Gasteiger partial charge is 0.162 e.